The van der Waals surface area contributed by atoms with Gasteiger partial charge in [-0.2, -0.15) is 0 Å². The van der Waals surface area contributed by atoms with E-state index in [2.05, 4.69) is 6.92 Å². The first-order valence-electron chi connectivity index (χ1n) is 11.9. The van der Waals surface area contributed by atoms with Crippen molar-refractivity contribution in [3.63, 3.8) is 0 Å². The molecule has 1 unspecified atom stereocenters. The minimum Gasteiger partial charge on any atom is -0.378 e. The van der Waals surface area contributed by atoms with E-state index in [4.69, 9.17) is 39.5 Å². The first kappa shape index (κ1) is 27.3. The Morgan fingerprint density at radius 2 is 1.31 bits per heavy atom. The van der Waals surface area contributed by atoms with Crippen LogP contribution in [0.15, 0.2) is 0 Å². The van der Waals surface area contributed by atoms with Crippen LogP contribution in [0, 0.1) is 5.92 Å². The van der Waals surface area contributed by atoms with Crippen LogP contribution in [0.5, 0.6) is 0 Å². The highest BCUT2D eigenvalue weighted by Gasteiger charge is 2.31. The van der Waals surface area contributed by atoms with Crippen molar-refractivity contribution in [2.24, 2.45) is 5.92 Å². The predicted octanol–water partition coefficient (Wildman–Crippen LogP) is 7.70. The molecule has 29 heavy (non-hydrogen) atoms. The molecule has 0 N–H and O–H groups in total. The Morgan fingerprint density at radius 1 is 0.828 bits per heavy atom. The van der Waals surface area contributed by atoms with E-state index in [9.17, 15) is 4.79 Å². The number of hydrogen-bond acceptors (Lipinski definition) is 2. The van der Waals surface area contributed by atoms with E-state index in [1.165, 1.54) is 38.5 Å². The van der Waals surface area contributed by atoms with E-state index >= 15 is 0 Å². The smallest absolute Gasteiger partial charge is 0.222 e. The zero-order valence-electron chi connectivity index (χ0n) is 18.4. The number of nitrogens with zero attached hydrogens (tertiary/aromatic N) is 1. The van der Waals surface area contributed by atoms with E-state index in [-0.39, 0.29) is 11.8 Å². The number of morpholine rings is 1. The molecule has 1 atom stereocenters. The Morgan fingerprint density at radius 3 is 1.83 bits per heavy atom. The number of halogens is 3. The van der Waals surface area contributed by atoms with Crippen molar-refractivity contribution in [2.75, 3.05) is 26.3 Å². The van der Waals surface area contributed by atoms with Gasteiger partial charge in [0.05, 0.1) is 13.2 Å². The molecular weight excluding hydrogens is 429 g/mol. The number of ether oxygens (including phenoxy) is 1. The van der Waals surface area contributed by atoms with Crippen LogP contribution in [0.25, 0.3) is 0 Å². The zero-order valence-corrected chi connectivity index (χ0v) is 20.7. The van der Waals surface area contributed by atoms with Gasteiger partial charge in [0.2, 0.25) is 5.91 Å². The second kappa shape index (κ2) is 16.9. The molecule has 1 aliphatic heterocycles. The fourth-order valence-corrected chi connectivity index (χ4v) is 4.64. The highest BCUT2D eigenvalue weighted by molar-refractivity contribution is 6.67. The first-order valence-corrected chi connectivity index (χ1v) is 13.0. The van der Waals surface area contributed by atoms with Crippen LogP contribution < -0.4 is 0 Å². The molecule has 1 aliphatic rings. The summed E-state index contributed by atoms with van der Waals surface area (Å²) in [6, 6.07) is 0. The lowest BCUT2D eigenvalue weighted by Crippen LogP contribution is -2.40. The second-order valence-corrected chi connectivity index (χ2v) is 10.8. The molecule has 6 heteroatoms. The summed E-state index contributed by atoms with van der Waals surface area (Å²) in [5.74, 6) is 0.435. The second-order valence-electron chi connectivity index (χ2n) is 8.45. The third kappa shape index (κ3) is 14.1. The molecule has 0 aromatic heterocycles. The molecule has 0 aromatic rings. The van der Waals surface area contributed by atoms with Crippen LogP contribution in [0.1, 0.15) is 103 Å². The average Bonchev–Trinajstić information content (AvgIpc) is 2.70. The molecule has 1 rings (SSSR count). The average molecular weight is 471 g/mol. The molecule has 3 nitrogen and oxygen atoms in total. The lowest BCUT2D eigenvalue weighted by Gasteiger charge is -2.26. The molecule has 1 saturated heterocycles. The van der Waals surface area contributed by atoms with Crippen molar-refractivity contribution in [2.45, 2.75) is 107 Å². The monoisotopic (exact) mass is 469 g/mol. The van der Waals surface area contributed by atoms with Gasteiger partial charge in [-0.1, -0.05) is 112 Å². The van der Waals surface area contributed by atoms with Crippen molar-refractivity contribution in [1.82, 2.24) is 4.90 Å². The van der Waals surface area contributed by atoms with Gasteiger partial charge in [0, 0.05) is 25.4 Å². The van der Waals surface area contributed by atoms with Crippen molar-refractivity contribution in [3.05, 3.63) is 0 Å². The number of rotatable bonds is 16. The Bertz CT molecular complexity index is 409. The fraction of sp³-hybridized carbons (Fsp3) is 0.957. The largest absolute Gasteiger partial charge is 0.378 e. The van der Waals surface area contributed by atoms with Crippen LogP contribution >= 0.6 is 34.8 Å². The van der Waals surface area contributed by atoms with Gasteiger partial charge in [-0.3, -0.25) is 4.79 Å². The lowest BCUT2D eigenvalue weighted by atomic mass is 9.95. The van der Waals surface area contributed by atoms with Crippen LogP contribution in [-0.4, -0.2) is 40.9 Å². The van der Waals surface area contributed by atoms with Gasteiger partial charge in [0.25, 0.3) is 0 Å². The Balaban J connectivity index is 2.05. The number of alkyl halides is 3. The van der Waals surface area contributed by atoms with E-state index in [1.54, 1.807) is 0 Å². The molecule has 0 radical (unpaired) electrons. The Kier molecular flexibility index (Phi) is 16.0. The standard InChI is InChI=1S/C23H42Cl3NO2/c1-2-3-4-5-6-8-11-14-21(23(24,25)26)15-12-9-7-10-13-16-22(28)27-17-19-29-20-18-27/h21H,2-20H2,1H3. The molecule has 172 valence electrons. The summed E-state index contributed by atoms with van der Waals surface area (Å²) in [5.41, 5.74) is 0. The maximum atomic E-state index is 12.1. The number of unbranched alkanes of at least 4 members (excludes halogenated alkanes) is 10. The number of amides is 1. The molecule has 0 aromatic carbocycles. The van der Waals surface area contributed by atoms with Gasteiger partial charge < -0.3 is 9.64 Å². The van der Waals surface area contributed by atoms with Gasteiger partial charge in [0.1, 0.15) is 0 Å². The molecule has 1 heterocycles. The van der Waals surface area contributed by atoms with Crippen molar-refractivity contribution in [3.8, 4) is 0 Å². The third-order valence-corrected chi connectivity index (χ3v) is 6.85. The summed E-state index contributed by atoms with van der Waals surface area (Å²) in [4.78, 5) is 14.0. The highest BCUT2D eigenvalue weighted by atomic mass is 35.6. The molecule has 1 amide bonds. The van der Waals surface area contributed by atoms with Crippen molar-refractivity contribution >= 4 is 40.7 Å². The van der Waals surface area contributed by atoms with Crippen molar-refractivity contribution in [1.29, 1.82) is 0 Å². The lowest BCUT2D eigenvalue weighted by molar-refractivity contribution is -0.135. The predicted molar refractivity (Wildman–Crippen MR) is 126 cm³/mol. The summed E-state index contributed by atoms with van der Waals surface area (Å²) < 4.78 is 4.15. The maximum Gasteiger partial charge on any atom is 0.222 e. The summed E-state index contributed by atoms with van der Waals surface area (Å²) in [6.45, 7) is 5.09. The normalized spacial score (nSPS) is 16.2. The van der Waals surface area contributed by atoms with Gasteiger partial charge in [-0.15, -0.1) is 0 Å². The van der Waals surface area contributed by atoms with Gasteiger partial charge in [-0.25, -0.2) is 0 Å². The topological polar surface area (TPSA) is 29.5 Å². The number of carbonyl (C=O) groups is 1. The molecule has 0 spiro atoms. The van der Waals surface area contributed by atoms with Gasteiger partial charge in [0.15, 0.2) is 3.79 Å². The zero-order chi connectivity index (χ0) is 21.4. The van der Waals surface area contributed by atoms with Gasteiger partial charge >= 0.3 is 0 Å². The van der Waals surface area contributed by atoms with Crippen LogP contribution in [0.3, 0.4) is 0 Å². The van der Waals surface area contributed by atoms with E-state index in [0.717, 1.165) is 64.5 Å². The summed E-state index contributed by atoms with van der Waals surface area (Å²) in [6.07, 6.45) is 17.2. The summed E-state index contributed by atoms with van der Waals surface area (Å²) in [7, 11) is 0. The Labute approximate surface area is 194 Å². The quantitative estimate of drug-likeness (QED) is 0.171. The molecule has 1 fully saturated rings. The van der Waals surface area contributed by atoms with E-state index < -0.39 is 3.79 Å². The van der Waals surface area contributed by atoms with E-state index in [0.29, 0.717) is 19.6 Å². The van der Waals surface area contributed by atoms with E-state index in [1.807, 2.05) is 4.90 Å². The van der Waals surface area contributed by atoms with Crippen molar-refractivity contribution < 1.29 is 9.53 Å². The summed E-state index contributed by atoms with van der Waals surface area (Å²) in [5, 5.41) is 0. The molecule has 0 bridgehead atoms. The fourth-order valence-electron chi connectivity index (χ4n) is 3.99. The van der Waals surface area contributed by atoms with Crippen LogP contribution in [-0.2, 0) is 9.53 Å². The SMILES string of the molecule is CCCCCCCCCC(CCCCCCCC(=O)N1CCOCC1)C(Cl)(Cl)Cl. The minimum absolute atomic E-state index is 0.158. The number of hydrogen-bond donors (Lipinski definition) is 0. The third-order valence-electron chi connectivity index (χ3n) is 5.93. The minimum atomic E-state index is -1.15. The molecular formula is C23H42Cl3NO2. The highest BCUT2D eigenvalue weighted by Crippen LogP contribution is 2.41. The van der Waals surface area contributed by atoms with Gasteiger partial charge in [-0.05, 0) is 19.3 Å². The van der Waals surface area contributed by atoms with Crippen LogP contribution in [0.4, 0.5) is 0 Å². The Hall–Kier alpha value is 0.300. The number of carbonyl (C=O) groups excluding carboxylic acids is 1. The summed E-state index contributed by atoms with van der Waals surface area (Å²) >= 11 is 18.7. The molecule has 0 saturated carbocycles. The maximum absolute atomic E-state index is 12.1. The first-order chi connectivity index (χ1) is 13.9. The molecule has 0 aliphatic carbocycles. The van der Waals surface area contributed by atoms with Crippen LogP contribution in [0.2, 0.25) is 0 Å².